The topological polar surface area (TPSA) is 42.1 Å². The van der Waals surface area contributed by atoms with Crippen LogP contribution in [0, 0.1) is 17.8 Å². The van der Waals surface area contributed by atoms with Gasteiger partial charge in [0.2, 0.25) is 0 Å². The van der Waals surface area contributed by atoms with Crippen molar-refractivity contribution in [2.45, 2.75) is 26.2 Å². The van der Waals surface area contributed by atoms with Gasteiger partial charge in [-0.15, -0.1) is 0 Å². The summed E-state index contributed by atoms with van der Waals surface area (Å²) < 4.78 is 5.54. The van der Waals surface area contributed by atoms with Crippen molar-refractivity contribution in [3.8, 4) is 5.75 Å². The molecular formula is C17H19NO2. The van der Waals surface area contributed by atoms with Gasteiger partial charge in [0.1, 0.15) is 5.75 Å². The van der Waals surface area contributed by atoms with E-state index in [0.717, 1.165) is 22.2 Å². The summed E-state index contributed by atoms with van der Waals surface area (Å²) in [5, 5.41) is 1.01. The molecule has 20 heavy (non-hydrogen) atoms. The maximum atomic E-state index is 12.7. The predicted octanol–water partition coefficient (Wildman–Crippen LogP) is 3.80. The molecule has 2 aliphatic carbocycles. The molecule has 2 fully saturated rings. The van der Waals surface area contributed by atoms with E-state index in [1.54, 1.807) is 0 Å². The van der Waals surface area contributed by atoms with Crippen molar-refractivity contribution in [3.05, 3.63) is 30.0 Å². The number of carbonyl (C=O) groups excluding carboxylic acids is 1. The Kier molecular flexibility index (Phi) is 2.62. The van der Waals surface area contributed by atoms with E-state index in [4.69, 9.17) is 4.74 Å². The van der Waals surface area contributed by atoms with E-state index >= 15 is 0 Å². The summed E-state index contributed by atoms with van der Waals surface area (Å²) >= 11 is 0. The van der Waals surface area contributed by atoms with Crippen LogP contribution in [0.15, 0.2) is 24.4 Å². The van der Waals surface area contributed by atoms with E-state index in [1.165, 1.54) is 19.3 Å². The molecule has 0 radical (unpaired) electrons. The Hall–Kier alpha value is -1.77. The van der Waals surface area contributed by atoms with Gasteiger partial charge >= 0.3 is 0 Å². The first kappa shape index (κ1) is 12.0. The van der Waals surface area contributed by atoms with Crippen LogP contribution in [-0.2, 0) is 0 Å². The van der Waals surface area contributed by atoms with E-state index in [9.17, 15) is 4.79 Å². The summed E-state index contributed by atoms with van der Waals surface area (Å²) in [5.74, 6) is 2.80. The Morgan fingerprint density at radius 2 is 2.15 bits per heavy atom. The van der Waals surface area contributed by atoms with Crippen molar-refractivity contribution in [1.82, 2.24) is 4.98 Å². The number of aromatic amines is 1. The van der Waals surface area contributed by atoms with Crippen molar-refractivity contribution in [2.24, 2.45) is 17.8 Å². The van der Waals surface area contributed by atoms with Crippen LogP contribution in [0.5, 0.6) is 5.75 Å². The zero-order chi connectivity index (χ0) is 13.7. The second kappa shape index (κ2) is 4.37. The number of benzene rings is 1. The number of hydrogen-bond acceptors (Lipinski definition) is 2. The molecule has 1 N–H and O–H groups in total. The minimum Gasteiger partial charge on any atom is -0.494 e. The van der Waals surface area contributed by atoms with Crippen LogP contribution in [0.25, 0.3) is 10.9 Å². The fourth-order valence-electron chi connectivity index (χ4n) is 3.95. The van der Waals surface area contributed by atoms with Crippen LogP contribution in [0.2, 0.25) is 0 Å². The van der Waals surface area contributed by atoms with Crippen molar-refractivity contribution < 1.29 is 9.53 Å². The van der Waals surface area contributed by atoms with Crippen molar-refractivity contribution in [1.29, 1.82) is 0 Å². The number of hydrogen-bond donors (Lipinski definition) is 1. The van der Waals surface area contributed by atoms with Crippen LogP contribution in [-0.4, -0.2) is 17.4 Å². The molecule has 2 atom stereocenters. The lowest BCUT2D eigenvalue weighted by Gasteiger charge is -2.04. The normalized spacial score (nSPS) is 27.6. The van der Waals surface area contributed by atoms with Crippen LogP contribution in [0.4, 0.5) is 0 Å². The first-order valence-electron chi connectivity index (χ1n) is 7.57. The molecule has 104 valence electrons. The van der Waals surface area contributed by atoms with Crippen LogP contribution in [0.1, 0.15) is 36.5 Å². The molecule has 4 rings (SSSR count). The number of aromatic nitrogens is 1. The number of carbonyl (C=O) groups is 1. The van der Waals surface area contributed by atoms with E-state index in [-0.39, 0.29) is 0 Å². The molecule has 2 aromatic rings. The number of ether oxygens (including phenoxy) is 1. The molecular weight excluding hydrogens is 250 g/mol. The minimum absolute atomic E-state index is 0.290. The summed E-state index contributed by atoms with van der Waals surface area (Å²) in [4.78, 5) is 15.9. The van der Waals surface area contributed by atoms with Crippen LogP contribution < -0.4 is 4.74 Å². The maximum Gasteiger partial charge on any atom is 0.168 e. The number of fused-ring (bicyclic) bond motifs is 2. The summed E-state index contributed by atoms with van der Waals surface area (Å²) in [6.45, 7) is 2.62. The van der Waals surface area contributed by atoms with Crippen LogP contribution >= 0.6 is 0 Å². The van der Waals surface area contributed by atoms with Gasteiger partial charge in [0.25, 0.3) is 0 Å². The van der Waals surface area contributed by atoms with E-state index in [0.29, 0.717) is 30.1 Å². The number of Topliss-reactive ketones (excluding diaryl/α,β-unsaturated/α-hetero) is 1. The largest absolute Gasteiger partial charge is 0.494 e. The molecule has 0 amide bonds. The maximum absolute atomic E-state index is 12.7. The monoisotopic (exact) mass is 269 g/mol. The van der Waals surface area contributed by atoms with Gasteiger partial charge in [0.05, 0.1) is 6.61 Å². The quantitative estimate of drug-likeness (QED) is 0.858. The summed E-state index contributed by atoms with van der Waals surface area (Å²) in [7, 11) is 0. The van der Waals surface area contributed by atoms with E-state index < -0.39 is 0 Å². The fraction of sp³-hybridized carbons (Fsp3) is 0.471. The summed E-state index contributed by atoms with van der Waals surface area (Å²) in [5.41, 5.74) is 1.86. The van der Waals surface area contributed by atoms with Gasteiger partial charge in [-0.3, -0.25) is 4.79 Å². The van der Waals surface area contributed by atoms with Gasteiger partial charge in [-0.05, 0) is 49.8 Å². The Bertz CT molecular complexity index is 663. The minimum atomic E-state index is 0.290. The average molecular weight is 269 g/mol. The molecule has 3 heteroatoms. The third kappa shape index (κ3) is 1.69. The first-order chi connectivity index (χ1) is 9.79. The third-order valence-corrected chi connectivity index (χ3v) is 4.94. The van der Waals surface area contributed by atoms with E-state index in [2.05, 4.69) is 4.98 Å². The number of ketones is 1. The summed E-state index contributed by atoms with van der Waals surface area (Å²) in [6, 6.07) is 5.92. The second-order valence-corrected chi connectivity index (χ2v) is 5.99. The van der Waals surface area contributed by atoms with Crippen molar-refractivity contribution >= 4 is 16.7 Å². The standard InChI is InChI=1S/C17H19NO2/c1-2-20-10-6-7-15-13(8-10)14(9-18-15)17(19)16-11-4-3-5-12(11)16/h6-9,11-12,16,18H,2-5H2,1H3. The molecule has 0 saturated heterocycles. The highest BCUT2D eigenvalue weighted by molar-refractivity contribution is 6.10. The van der Waals surface area contributed by atoms with Gasteiger partial charge in [0, 0.05) is 28.6 Å². The highest BCUT2D eigenvalue weighted by atomic mass is 16.5. The molecule has 1 aromatic carbocycles. The first-order valence-corrected chi connectivity index (χ1v) is 7.57. The lowest BCUT2D eigenvalue weighted by Crippen LogP contribution is -2.05. The molecule has 3 nitrogen and oxygen atoms in total. The molecule has 2 saturated carbocycles. The third-order valence-electron chi connectivity index (χ3n) is 4.94. The molecule has 2 unspecified atom stereocenters. The molecule has 1 aromatic heterocycles. The van der Waals surface area contributed by atoms with Gasteiger partial charge in [-0.1, -0.05) is 6.42 Å². The zero-order valence-electron chi connectivity index (χ0n) is 11.7. The highest BCUT2D eigenvalue weighted by Gasteiger charge is 2.56. The molecule has 0 spiro atoms. The fourth-order valence-corrected chi connectivity index (χ4v) is 3.95. The van der Waals surface area contributed by atoms with Crippen molar-refractivity contribution in [2.75, 3.05) is 6.61 Å². The molecule has 1 heterocycles. The molecule has 2 aliphatic rings. The number of rotatable bonds is 4. The Morgan fingerprint density at radius 3 is 2.90 bits per heavy atom. The smallest absolute Gasteiger partial charge is 0.168 e. The Morgan fingerprint density at radius 1 is 1.35 bits per heavy atom. The highest BCUT2D eigenvalue weighted by Crippen LogP contribution is 2.58. The van der Waals surface area contributed by atoms with E-state index in [1.807, 2.05) is 31.3 Å². The SMILES string of the molecule is CCOc1ccc2[nH]cc(C(=O)C3C4CCCC43)c2c1. The van der Waals surface area contributed by atoms with Gasteiger partial charge < -0.3 is 9.72 Å². The summed E-state index contributed by atoms with van der Waals surface area (Å²) in [6.07, 6.45) is 5.67. The van der Waals surface area contributed by atoms with Crippen molar-refractivity contribution in [3.63, 3.8) is 0 Å². The van der Waals surface area contributed by atoms with Gasteiger partial charge in [-0.2, -0.15) is 0 Å². The Labute approximate surface area is 118 Å². The lowest BCUT2D eigenvalue weighted by atomic mass is 10.0. The molecule has 0 aliphatic heterocycles. The predicted molar refractivity (Wildman–Crippen MR) is 78.1 cm³/mol. The zero-order valence-corrected chi connectivity index (χ0v) is 11.7. The number of H-pyrrole nitrogens is 1. The lowest BCUT2D eigenvalue weighted by molar-refractivity contribution is 0.0953. The van der Waals surface area contributed by atoms with Crippen LogP contribution in [0.3, 0.4) is 0 Å². The Balaban J connectivity index is 1.68. The second-order valence-electron chi connectivity index (χ2n) is 5.99. The molecule has 0 bridgehead atoms. The number of nitrogens with one attached hydrogen (secondary N) is 1. The van der Waals surface area contributed by atoms with Gasteiger partial charge in [0.15, 0.2) is 5.78 Å². The average Bonchev–Trinajstić information content (AvgIpc) is 2.81. The van der Waals surface area contributed by atoms with Gasteiger partial charge in [-0.25, -0.2) is 0 Å².